The zero-order valence-electron chi connectivity index (χ0n) is 26.7. The fraction of sp³-hybridized carbons (Fsp3) is 0.806. The van der Waals surface area contributed by atoms with Gasteiger partial charge in [0.05, 0.1) is 36.6 Å². The van der Waals surface area contributed by atoms with Crippen molar-refractivity contribution in [2.75, 3.05) is 26.4 Å². The predicted octanol–water partition coefficient (Wildman–Crippen LogP) is -1.33. The third-order valence-electron chi connectivity index (χ3n) is 9.58. The SMILES string of the molecule is C/C(=C\CCC(C)CCO)C(=O)OC[C@]1(O)CO[C@H](OC2C(O[C@@H]3OC=C(C(=O)O)C4CCC(C)(O)C43)OC(CO)C(O)C2O)C1O. The summed E-state index contributed by atoms with van der Waals surface area (Å²) >= 11 is 0. The summed E-state index contributed by atoms with van der Waals surface area (Å²) in [6, 6.07) is 0. The Hall–Kier alpha value is -2.22. The van der Waals surface area contributed by atoms with E-state index in [2.05, 4.69) is 0 Å². The van der Waals surface area contributed by atoms with Crippen LogP contribution in [0, 0.1) is 17.8 Å². The second-order valence-electron chi connectivity index (χ2n) is 13.2. The molecular formula is C31H48O16. The molecule has 0 spiro atoms. The van der Waals surface area contributed by atoms with Gasteiger partial charge in [0, 0.05) is 18.1 Å². The minimum atomic E-state index is -2.11. The van der Waals surface area contributed by atoms with Gasteiger partial charge >= 0.3 is 11.9 Å². The number of rotatable bonds is 14. The third-order valence-corrected chi connectivity index (χ3v) is 9.58. The van der Waals surface area contributed by atoms with Crippen molar-refractivity contribution < 1.29 is 78.9 Å². The molecule has 4 aliphatic rings. The Bertz CT molecular complexity index is 1160. The number of carboxylic acid groups (broad SMARTS) is 1. The van der Waals surface area contributed by atoms with E-state index in [-0.39, 0.29) is 24.5 Å². The second kappa shape index (κ2) is 15.6. The lowest BCUT2D eigenvalue weighted by Gasteiger charge is -2.45. The van der Waals surface area contributed by atoms with Crippen molar-refractivity contribution in [2.45, 2.75) is 113 Å². The number of carboxylic acids is 1. The maximum Gasteiger partial charge on any atom is 0.334 e. The van der Waals surface area contributed by atoms with Crippen molar-refractivity contribution >= 4 is 11.9 Å². The smallest absolute Gasteiger partial charge is 0.334 e. The van der Waals surface area contributed by atoms with Crippen molar-refractivity contribution in [1.29, 1.82) is 0 Å². The fourth-order valence-electron chi connectivity index (χ4n) is 6.53. The van der Waals surface area contributed by atoms with E-state index in [1.54, 1.807) is 13.0 Å². The summed E-state index contributed by atoms with van der Waals surface area (Å²) in [6.45, 7) is 3.20. The zero-order valence-corrected chi connectivity index (χ0v) is 26.7. The lowest BCUT2D eigenvalue weighted by Crippen LogP contribution is -2.62. The topological polar surface area (TPSA) is 251 Å². The maximum absolute atomic E-state index is 12.5. The molecule has 2 saturated heterocycles. The van der Waals surface area contributed by atoms with Gasteiger partial charge in [-0.3, -0.25) is 0 Å². The lowest BCUT2D eigenvalue weighted by atomic mass is 9.81. The number of aliphatic hydroxyl groups excluding tert-OH is 5. The number of hydrogen-bond acceptors (Lipinski definition) is 15. The van der Waals surface area contributed by atoms with Crippen LogP contribution in [0.15, 0.2) is 23.5 Å². The highest BCUT2D eigenvalue weighted by molar-refractivity contribution is 5.88. The third kappa shape index (κ3) is 8.33. The molecule has 1 saturated carbocycles. The van der Waals surface area contributed by atoms with E-state index in [0.29, 0.717) is 24.8 Å². The largest absolute Gasteiger partial charge is 0.478 e. The molecule has 10 unspecified atom stereocenters. The number of aliphatic carboxylic acids is 1. The van der Waals surface area contributed by atoms with E-state index in [1.807, 2.05) is 6.92 Å². The van der Waals surface area contributed by atoms with Crippen LogP contribution in [0.5, 0.6) is 0 Å². The Balaban J connectivity index is 1.43. The predicted molar refractivity (Wildman–Crippen MR) is 157 cm³/mol. The average Bonchev–Trinajstić information content (AvgIpc) is 3.50. The van der Waals surface area contributed by atoms with Gasteiger partial charge in [-0.25, -0.2) is 9.59 Å². The Labute approximate surface area is 272 Å². The first kappa shape index (κ1) is 37.6. The van der Waals surface area contributed by atoms with Crippen LogP contribution in [0.25, 0.3) is 0 Å². The Morgan fingerprint density at radius 3 is 2.47 bits per heavy atom. The molecule has 8 N–H and O–H groups in total. The van der Waals surface area contributed by atoms with Gasteiger partial charge in [0.15, 0.2) is 18.2 Å². The van der Waals surface area contributed by atoms with E-state index < -0.39 is 104 Å². The molecule has 0 aromatic rings. The lowest BCUT2D eigenvalue weighted by molar-refractivity contribution is -0.368. The number of ether oxygens (including phenoxy) is 6. The average molecular weight is 677 g/mol. The molecule has 268 valence electrons. The number of carbonyl (C=O) groups excluding carboxylic acids is 1. The Morgan fingerprint density at radius 1 is 1.09 bits per heavy atom. The molecule has 1 aliphatic carbocycles. The molecule has 0 radical (unpaired) electrons. The van der Waals surface area contributed by atoms with Gasteiger partial charge in [0.1, 0.15) is 37.1 Å². The van der Waals surface area contributed by atoms with E-state index in [4.69, 9.17) is 33.5 Å². The standard InChI is InChI=1S/C31H48O16/c1-15(8-10-32)5-4-6-16(2)26(39)43-13-31(41)14-44-29(24(31)36)46-23-22(35)21(34)19(11-33)45-28(23)47-27-20-17(7-9-30(20,3)40)18(12-42-27)25(37)38/h6,12,15,17,19-24,27-29,32-36,40-41H,4-5,7-11,13-14H2,1-3H3,(H,37,38)/b16-6+/t15?,17?,19?,20?,21?,22?,23?,24?,27-,28?,29+,30?,31-/m0/s1. The Morgan fingerprint density at radius 2 is 1.81 bits per heavy atom. The molecule has 47 heavy (non-hydrogen) atoms. The summed E-state index contributed by atoms with van der Waals surface area (Å²) in [7, 11) is 0. The van der Waals surface area contributed by atoms with Gasteiger partial charge in [-0.2, -0.15) is 0 Å². The van der Waals surface area contributed by atoms with Crippen molar-refractivity contribution in [3.63, 3.8) is 0 Å². The van der Waals surface area contributed by atoms with Crippen molar-refractivity contribution in [3.05, 3.63) is 23.5 Å². The minimum Gasteiger partial charge on any atom is -0.478 e. The van der Waals surface area contributed by atoms with Crippen molar-refractivity contribution in [1.82, 2.24) is 0 Å². The Kier molecular flexibility index (Phi) is 12.4. The van der Waals surface area contributed by atoms with Gasteiger partial charge in [-0.1, -0.05) is 13.0 Å². The molecular weight excluding hydrogens is 628 g/mol. The molecule has 4 rings (SSSR count). The summed E-state index contributed by atoms with van der Waals surface area (Å²) in [5.74, 6) is -3.19. The summed E-state index contributed by atoms with van der Waals surface area (Å²) in [4.78, 5) is 24.3. The quantitative estimate of drug-likeness (QED) is 0.0783. The van der Waals surface area contributed by atoms with Crippen LogP contribution in [-0.4, -0.2) is 140 Å². The van der Waals surface area contributed by atoms with Crippen LogP contribution in [0.3, 0.4) is 0 Å². The molecule has 3 aliphatic heterocycles. The number of esters is 1. The van der Waals surface area contributed by atoms with Gasteiger partial charge in [-0.15, -0.1) is 0 Å². The summed E-state index contributed by atoms with van der Waals surface area (Å²) in [5.41, 5.74) is -3.28. The van der Waals surface area contributed by atoms with E-state index in [0.717, 1.165) is 12.7 Å². The zero-order chi connectivity index (χ0) is 34.7. The first-order valence-corrected chi connectivity index (χ1v) is 15.8. The molecule has 16 nitrogen and oxygen atoms in total. The highest BCUT2D eigenvalue weighted by Gasteiger charge is 2.58. The van der Waals surface area contributed by atoms with Crippen LogP contribution in [0.2, 0.25) is 0 Å². The molecule has 3 heterocycles. The molecule has 0 amide bonds. The first-order valence-electron chi connectivity index (χ1n) is 15.8. The monoisotopic (exact) mass is 676 g/mol. The van der Waals surface area contributed by atoms with Gasteiger partial charge in [0.25, 0.3) is 0 Å². The number of allylic oxidation sites excluding steroid dienone is 1. The van der Waals surface area contributed by atoms with E-state index in [9.17, 15) is 45.3 Å². The highest BCUT2D eigenvalue weighted by Crippen LogP contribution is 2.49. The van der Waals surface area contributed by atoms with Crippen LogP contribution >= 0.6 is 0 Å². The molecule has 0 aromatic heterocycles. The molecule has 0 bridgehead atoms. The van der Waals surface area contributed by atoms with Crippen LogP contribution in [0.1, 0.15) is 52.9 Å². The summed E-state index contributed by atoms with van der Waals surface area (Å²) in [6.07, 6.45) is -7.54. The van der Waals surface area contributed by atoms with Crippen LogP contribution in [0.4, 0.5) is 0 Å². The minimum absolute atomic E-state index is 0.0468. The van der Waals surface area contributed by atoms with Gasteiger partial charge in [-0.05, 0) is 51.9 Å². The van der Waals surface area contributed by atoms with E-state index in [1.165, 1.54) is 6.92 Å². The molecule has 16 heteroatoms. The summed E-state index contributed by atoms with van der Waals surface area (Å²) in [5, 5.41) is 83.1. The normalized spacial score (nSPS) is 41.1. The maximum atomic E-state index is 12.5. The number of carbonyl (C=O) groups is 2. The second-order valence-corrected chi connectivity index (χ2v) is 13.2. The number of hydrogen-bond donors (Lipinski definition) is 8. The molecule has 3 fully saturated rings. The van der Waals surface area contributed by atoms with Crippen molar-refractivity contribution in [3.8, 4) is 0 Å². The fourth-order valence-corrected chi connectivity index (χ4v) is 6.53. The molecule has 0 aromatic carbocycles. The summed E-state index contributed by atoms with van der Waals surface area (Å²) < 4.78 is 33.8. The van der Waals surface area contributed by atoms with Crippen molar-refractivity contribution in [2.24, 2.45) is 17.8 Å². The number of aliphatic hydroxyl groups is 7. The highest BCUT2D eigenvalue weighted by atomic mass is 16.8. The van der Waals surface area contributed by atoms with E-state index >= 15 is 0 Å². The van der Waals surface area contributed by atoms with Gasteiger partial charge in [0.2, 0.25) is 6.29 Å². The molecule has 13 atom stereocenters. The van der Waals surface area contributed by atoms with Crippen LogP contribution in [-0.2, 0) is 38.0 Å². The van der Waals surface area contributed by atoms with Gasteiger partial charge < -0.3 is 69.3 Å². The van der Waals surface area contributed by atoms with Crippen LogP contribution < -0.4 is 0 Å². The first-order chi connectivity index (χ1) is 22.1. The number of fused-ring (bicyclic) bond motifs is 1.